The lowest BCUT2D eigenvalue weighted by atomic mass is 9.96. The van der Waals surface area contributed by atoms with E-state index in [-0.39, 0.29) is 22.9 Å². The molecule has 0 unspecified atom stereocenters. The molecule has 1 amide bonds. The molecule has 0 saturated carbocycles. The van der Waals surface area contributed by atoms with Crippen LogP contribution in [0.5, 0.6) is 11.5 Å². The Balaban J connectivity index is 2.24. The first-order valence-electron chi connectivity index (χ1n) is 9.54. The molecule has 0 spiro atoms. The second-order valence-electron chi connectivity index (χ2n) is 6.92. The first kappa shape index (κ1) is 20.8. The van der Waals surface area contributed by atoms with Crippen LogP contribution >= 0.6 is 0 Å². The molecule has 0 aromatic heterocycles. The molecular formula is C21H29NO5. The third-order valence-electron chi connectivity index (χ3n) is 4.96. The number of aliphatic hydroxyl groups excluding tert-OH is 1. The Kier molecular flexibility index (Phi) is 7.28. The maximum Gasteiger partial charge on any atom is 0.290 e. The van der Waals surface area contributed by atoms with Gasteiger partial charge in [0.15, 0.2) is 23.0 Å². The Hall–Kier alpha value is -2.50. The van der Waals surface area contributed by atoms with E-state index >= 15 is 0 Å². The molecule has 1 aliphatic heterocycles. The highest BCUT2D eigenvalue weighted by Gasteiger charge is 2.42. The van der Waals surface area contributed by atoms with Crippen molar-refractivity contribution in [1.29, 1.82) is 0 Å². The summed E-state index contributed by atoms with van der Waals surface area (Å²) in [7, 11) is 1.44. The van der Waals surface area contributed by atoms with Gasteiger partial charge in [0.05, 0.1) is 18.7 Å². The molecule has 1 atom stereocenters. The number of Topliss-reactive ketones (excluding diaryl/α,β-unsaturated/α-hetero) is 1. The Morgan fingerprint density at radius 3 is 2.44 bits per heavy atom. The van der Waals surface area contributed by atoms with Crippen molar-refractivity contribution in [3.63, 3.8) is 0 Å². The predicted octanol–water partition coefficient (Wildman–Crippen LogP) is 4.05. The van der Waals surface area contributed by atoms with E-state index < -0.39 is 17.7 Å². The molecule has 1 aromatic carbocycles. The number of hydrogen-bond acceptors (Lipinski definition) is 5. The number of methoxy groups -OCH3 is 1. The average molecular weight is 375 g/mol. The number of aromatic hydroxyl groups is 1. The summed E-state index contributed by atoms with van der Waals surface area (Å²) in [6, 6.07) is 4.05. The minimum Gasteiger partial charge on any atom is -0.504 e. The molecule has 0 saturated heterocycles. The zero-order chi connectivity index (χ0) is 20.0. The van der Waals surface area contributed by atoms with Crippen molar-refractivity contribution in [3.05, 3.63) is 35.1 Å². The van der Waals surface area contributed by atoms with E-state index in [0.717, 1.165) is 19.3 Å². The van der Waals surface area contributed by atoms with E-state index in [1.807, 2.05) is 0 Å². The molecule has 6 nitrogen and oxygen atoms in total. The van der Waals surface area contributed by atoms with E-state index in [1.165, 1.54) is 44.3 Å². The molecule has 2 rings (SSSR count). The molecule has 0 bridgehead atoms. The molecule has 6 heteroatoms. The monoisotopic (exact) mass is 375 g/mol. The first-order valence-corrected chi connectivity index (χ1v) is 9.54. The summed E-state index contributed by atoms with van der Waals surface area (Å²) < 4.78 is 5.15. The fourth-order valence-electron chi connectivity index (χ4n) is 3.52. The lowest BCUT2D eigenvalue weighted by Gasteiger charge is -2.27. The number of ether oxygens (including phenoxy) is 1. The normalized spacial score (nSPS) is 16.9. The van der Waals surface area contributed by atoms with E-state index in [1.54, 1.807) is 12.1 Å². The minimum atomic E-state index is -0.667. The number of hydrogen-bond donors (Lipinski definition) is 2. The summed E-state index contributed by atoms with van der Waals surface area (Å²) in [4.78, 5) is 26.2. The number of phenols is 1. The smallest absolute Gasteiger partial charge is 0.290 e. The summed E-state index contributed by atoms with van der Waals surface area (Å²) in [5, 5.41) is 20.1. The van der Waals surface area contributed by atoms with Gasteiger partial charge in [-0.2, -0.15) is 0 Å². The fourth-order valence-corrected chi connectivity index (χ4v) is 3.52. The van der Waals surface area contributed by atoms with E-state index in [0.29, 0.717) is 12.1 Å². The summed E-state index contributed by atoms with van der Waals surface area (Å²) in [5.41, 5.74) is 0.719. The fraction of sp³-hybridized carbons (Fsp3) is 0.524. The Morgan fingerprint density at radius 2 is 1.81 bits per heavy atom. The van der Waals surface area contributed by atoms with Crippen LogP contribution < -0.4 is 4.74 Å². The van der Waals surface area contributed by atoms with Gasteiger partial charge in [-0.1, -0.05) is 45.1 Å². The number of carbonyl (C=O) groups excluding carboxylic acids is 2. The van der Waals surface area contributed by atoms with Gasteiger partial charge >= 0.3 is 0 Å². The standard InChI is InChI=1S/C21H29NO5/c1-4-5-6-7-8-9-12-22-19(18(14(2)23)20(25)21(22)26)15-10-11-16(24)17(13-15)27-3/h10-11,13,19,24-25H,4-9,12H2,1-3H3/t19-/m1/s1. The van der Waals surface area contributed by atoms with E-state index in [9.17, 15) is 19.8 Å². The second kappa shape index (κ2) is 9.44. The van der Waals surface area contributed by atoms with Crippen molar-refractivity contribution in [2.75, 3.05) is 13.7 Å². The van der Waals surface area contributed by atoms with Gasteiger partial charge in [-0.3, -0.25) is 9.59 Å². The van der Waals surface area contributed by atoms with Gasteiger partial charge in [0.25, 0.3) is 5.91 Å². The molecule has 148 valence electrons. The van der Waals surface area contributed by atoms with Gasteiger partial charge in [-0.25, -0.2) is 0 Å². The van der Waals surface area contributed by atoms with Crippen molar-refractivity contribution in [2.45, 2.75) is 58.4 Å². The third kappa shape index (κ3) is 4.62. The summed E-state index contributed by atoms with van der Waals surface area (Å²) in [6.07, 6.45) is 6.45. The highest BCUT2D eigenvalue weighted by molar-refractivity contribution is 6.08. The lowest BCUT2D eigenvalue weighted by Crippen LogP contribution is -2.32. The van der Waals surface area contributed by atoms with Crippen molar-refractivity contribution < 1.29 is 24.5 Å². The van der Waals surface area contributed by atoms with Gasteiger partial charge in [-0.15, -0.1) is 0 Å². The Bertz CT molecular complexity index is 725. The number of aliphatic hydroxyl groups is 1. The van der Waals surface area contributed by atoms with Gasteiger partial charge in [0.1, 0.15) is 0 Å². The zero-order valence-corrected chi connectivity index (χ0v) is 16.3. The number of ketones is 1. The Labute approximate surface area is 160 Å². The summed E-state index contributed by atoms with van der Waals surface area (Å²) in [6.45, 7) is 3.97. The molecule has 1 aromatic rings. The van der Waals surface area contributed by atoms with E-state index in [2.05, 4.69) is 6.92 Å². The van der Waals surface area contributed by atoms with Crippen LogP contribution in [0, 0.1) is 0 Å². The highest BCUT2D eigenvalue weighted by atomic mass is 16.5. The van der Waals surface area contributed by atoms with Crippen LogP contribution in [-0.4, -0.2) is 40.5 Å². The molecule has 0 radical (unpaired) electrons. The summed E-state index contributed by atoms with van der Waals surface area (Å²) in [5.74, 6) is -1.11. The number of amides is 1. The van der Waals surface area contributed by atoms with Gasteiger partial charge in [0.2, 0.25) is 0 Å². The topological polar surface area (TPSA) is 87.1 Å². The van der Waals surface area contributed by atoms with Crippen molar-refractivity contribution in [3.8, 4) is 11.5 Å². The van der Waals surface area contributed by atoms with Gasteiger partial charge in [-0.05, 0) is 31.0 Å². The van der Waals surface area contributed by atoms with Crippen LogP contribution in [0.25, 0.3) is 0 Å². The largest absolute Gasteiger partial charge is 0.504 e. The van der Waals surface area contributed by atoms with Crippen LogP contribution in [0.3, 0.4) is 0 Å². The molecule has 1 heterocycles. The van der Waals surface area contributed by atoms with Crippen LogP contribution in [-0.2, 0) is 9.59 Å². The van der Waals surface area contributed by atoms with E-state index in [4.69, 9.17) is 4.74 Å². The maximum atomic E-state index is 12.6. The average Bonchev–Trinajstić information content (AvgIpc) is 2.90. The zero-order valence-electron chi connectivity index (χ0n) is 16.3. The first-order chi connectivity index (χ1) is 12.9. The molecule has 2 N–H and O–H groups in total. The molecule has 0 aliphatic carbocycles. The van der Waals surface area contributed by atoms with Crippen molar-refractivity contribution in [2.24, 2.45) is 0 Å². The molecule has 0 fully saturated rings. The van der Waals surface area contributed by atoms with Gasteiger partial charge < -0.3 is 19.8 Å². The highest BCUT2D eigenvalue weighted by Crippen LogP contribution is 2.40. The SMILES string of the molecule is CCCCCCCCN1C(=O)C(O)=C(C(C)=O)[C@H]1c1ccc(O)c(OC)c1. The quantitative estimate of drug-likeness (QED) is 0.603. The number of unbranched alkanes of at least 4 members (excludes halogenated alkanes) is 5. The lowest BCUT2D eigenvalue weighted by molar-refractivity contribution is -0.129. The second-order valence-corrected chi connectivity index (χ2v) is 6.92. The number of phenolic OH excluding ortho intramolecular Hbond substituents is 1. The van der Waals surface area contributed by atoms with Crippen LogP contribution in [0.4, 0.5) is 0 Å². The molecule has 27 heavy (non-hydrogen) atoms. The Morgan fingerprint density at radius 1 is 1.15 bits per heavy atom. The number of carbonyl (C=O) groups is 2. The number of benzene rings is 1. The minimum absolute atomic E-state index is 0.0226. The maximum absolute atomic E-state index is 12.6. The third-order valence-corrected chi connectivity index (χ3v) is 4.96. The summed E-state index contributed by atoms with van der Waals surface area (Å²) >= 11 is 0. The molecule has 1 aliphatic rings. The van der Waals surface area contributed by atoms with Crippen LogP contribution in [0.15, 0.2) is 29.5 Å². The van der Waals surface area contributed by atoms with Crippen LogP contribution in [0.2, 0.25) is 0 Å². The molecular weight excluding hydrogens is 346 g/mol. The van der Waals surface area contributed by atoms with Crippen LogP contribution in [0.1, 0.15) is 64.0 Å². The number of nitrogens with zero attached hydrogens (tertiary/aromatic N) is 1. The number of rotatable bonds is 10. The predicted molar refractivity (Wildman–Crippen MR) is 103 cm³/mol. The van der Waals surface area contributed by atoms with Crippen molar-refractivity contribution in [1.82, 2.24) is 4.90 Å². The van der Waals surface area contributed by atoms with Crippen molar-refractivity contribution >= 4 is 11.7 Å². The van der Waals surface area contributed by atoms with Gasteiger partial charge in [0, 0.05) is 6.54 Å².